The Kier molecular flexibility index (Phi) is 3.03. The van der Waals surface area contributed by atoms with Crippen LogP contribution < -0.4 is 5.73 Å². The maximum absolute atomic E-state index is 10.8. The van der Waals surface area contributed by atoms with Gasteiger partial charge in [0.1, 0.15) is 6.04 Å². The third-order valence-electron chi connectivity index (χ3n) is 2.77. The smallest absolute Gasteiger partial charge is 0.335 e. The van der Waals surface area contributed by atoms with Gasteiger partial charge in [-0.2, -0.15) is 0 Å². The number of hydrogen-bond acceptors (Lipinski definition) is 3. The Bertz CT molecular complexity index is 618. The Balaban J connectivity index is 2.37. The number of aromatic carboxylic acids is 1. The zero-order chi connectivity index (χ0) is 13.3. The molecule has 6 nitrogen and oxygen atoms in total. The van der Waals surface area contributed by atoms with Crippen LogP contribution in [0.4, 0.5) is 0 Å². The number of aromatic amines is 1. The SMILES string of the molecule is NC(Cc1c[nH]c2cc(C(=O)O)ccc12)C(=O)O. The van der Waals surface area contributed by atoms with E-state index < -0.39 is 18.0 Å². The van der Waals surface area contributed by atoms with Crippen LogP contribution in [0.2, 0.25) is 0 Å². The lowest BCUT2D eigenvalue weighted by atomic mass is 10.0. The standard InChI is InChI=1S/C12H12N2O4/c13-9(12(17)18)3-7-5-14-10-4-6(11(15)16)1-2-8(7)10/h1-2,4-5,9,14H,3,13H2,(H,15,16)(H,17,18). The fourth-order valence-corrected chi connectivity index (χ4v) is 1.81. The fraction of sp³-hybridized carbons (Fsp3) is 0.167. The Morgan fingerprint density at radius 3 is 2.67 bits per heavy atom. The van der Waals surface area contributed by atoms with Gasteiger partial charge in [0.15, 0.2) is 0 Å². The highest BCUT2D eigenvalue weighted by molar-refractivity contribution is 5.94. The Labute approximate surface area is 102 Å². The summed E-state index contributed by atoms with van der Waals surface area (Å²) in [6.07, 6.45) is 1.85. The van der Waals surface area contributed by atoms with Crippen molar-refractivity contribution in [2.45, 2.75) is 12.5 Å². The summed E-state index contributed by atoms with van der Waals surface area (Å²) >= 11 is 0. The molecule has 1 unspecified atom stereocenters. The van der Waals surface area contributed by atoms with E-state index >= 15 is 0 Å². The third-order valence-corrected chi connectivity index (χ3v) is 2.77. The van der Waals surface area contributed by atoms with Crippen molar-refractivity contribution in [1.29, 1.82) is 0 Å². The average Bonchev–Trinajstić information content (AvgIpc) is 2.71. The highest BCUT2D eigenvalue weighted by atomic mass is 16.4. The number of fused-ring (bicyclic) bond motifs is 1. The van der Waals surface area contributed by atoms with Gasteiger partial charge in [0.2, 0.25) is 0 Å². The molecule has 18 heavy (non-hydrogen) atoms. The van der Waals surface area contributed by atoms with Crippen molar-refractivity contribution in [3.8, 4) is 0 Å². The molecule has 0 spiro atoms. The maximum Gasteiger partial charge on any atom is 0.335 e. The second-order valence-corrected chi connectivity index (χ2v) is 4.03. The molecular weight excluding hydrogens is 236 g/mol. The molecular formula is C12H12N2O4. The third kappa shape index (κ3) is 2.18. The van der Waals surface area contributed by atoms with Crippen molar-refractivity contribution in [3.63, 3.8) is 0 Å². The molecule has 0 bridgehead atoms. The van der Waals surface area contributed by atoms with Gasteiger partial charge in [-0.1, -0.05) is 6.07 Å². The summed E-state index contributed by atoms with van der Waals surface area (Å²) < 4.78 is 0. The first-order valence-electron chi connectivity index (χ1n) is 5.30. The van der Waals surface area contributed by atoms with Gasteiger partial charge in [-0.05, 0) is 17.7 Å². The summed E-state index contributed by atoms with van der Waals surface area (Å²) in [5.74, 6) is -2.07. The first-order valence-corrected chi connectivity index (χ1v) is 5.30. The fourth-order valence-electron chi connectivity index (χ4n) is 1.81. The number of benzene rings is 1. The summed E-state index contributed by atoms with van der Waals surface area (Å²) in [5, 5.41) is 18.4. The quantitative estimate of drug-likeness (QED) is 0.639. The Morgan fingerprint density at radius 2 is 2.06 bits per heavy atom. The minimum atomic E-state index is -1.06. The summed E-state index contributed by atoms with van der Waals surface area (Å²) in [4.78, 5) is 24.4. The van der Waals surface area contributed by atoms with E-state index in [0.29, 0.717) is 5.52 Å². The van der Waals surface area contributed by atoms with E-state index in [0.717, 1.165) is 10.9 Å². The van der Waals surface area contributed by atoms with Gasteiger partial charge in [-0.3, -0.25) is 4.79 Å². The predicted octanol–water partition coefficient (Wildman–Crippen LogP) is 0.820. The molecule has 0 aliphatic heterocycles. The van der Waals surface area contributed by atoms with Crippen LogP contribution in [0.3, 0.4) is 0 Å². The molecule has 0 saturated carbocycles. The van der Waals surface area contributed by atoms with Gasteiger partial charge in [-0.25, -0.2) is 4.79 Å². The molecule has 1 aromatic carbocycles. The second kappa shape index (κ2) is 4.50. The Hall–Kier alpha value is -2.34. The molecule has 5 N–H and O–H groups in total. The van der Waals surface area contributed by atoms with Gasteiger partial charge in [-0.15, -0.1) is 0 Å². The molecule has 0 fully saturated rings. The number of aromatic nitrogens is 1. The number of carboxylic acids is 2. The monoisotopic (exact) mass is 248 g/mol. The average molecular weight is 248 g/mol. The van der Waals surface area contributed by atoms with Gasteiger partial charge in [0.25, 0.3) is 0 Å². The van der Waals surface area contributed by atoms with Crippen LogP contribution in [0.5, 0.6) is 0 Å². The van der Waals surface area contributed by atoms with Crippen LogP contribution in [-0.4, -0.2) is 33.2 Å². The van der Waals surface area contributed by atoms with Gasteiger partial charge >= 0.3 is 11.9 Å². The van der Waals surface area contributed by atoms with Crippen LogP contribution in [0.15, 0.2) is 24.4 Å². The van der Waals surface area contributed by atoms with Gasteiger partial charge in [0, 0.05) is 23.5 Å². The van der Waals surface area contributed by atoms with Crippen molar-refractivity contribution >= 4 is 22.8 Å². The van der Waals surface area contributed by atoms with Crippen molar-refractivity contribution in [2.75, 3.05) is 0 Å². The molecule has 1 atom stereocenters. The van der Waals surface area contributed by atoms with Crippen molar-refractivity contribution < 1.29 is 19.8 Å². The number of hydrogen-bond donors (Lipinski definition) is 4. The van der Waals surface area contributed by atoms with E-state index in [4.69, 9.17) is 15.9 Å². The van der Waals surface area contributed by atoms with E-state index in [1.165, 1.54) is 12.1 Å². The summed E-state index contributed by atoms with van der Waals surface area (Å²) in [6, 6.07) is 3.67. The van der Waals surface area contributed by atoms with Crippen LogP contribution in [0.25, 0.3) is 10.9 Å². The van der Waals surface area contributed by atoms with E-state index in [1.54, 1.807) is 12.3 Å². The summed E-state index contributed by atoms with van der Waals surface area (Å²) in [5.41, 5.74) is 7.06. The minimum absolute atomic E-state index is 0.179. The normalized spacial score (nSPS) is 12.5. The topological polar surface area (TPSA) is 116 Å². The first kappa shape index (κ1) is 12.1. The summed E-state index contributed by atoms with van der Waals surface area (Å²) in [7, 11) is 0. The predicted molar refractivity (Wildman–Crippen MR) is 64.6 cm³/mol. The van der Waals surface area contributed by atoms with Crippen molar-refractivity contribution in [3.05, 3.63) is 35.5 Å². The molecule has 1 aromatic heterocycles. The molecule has 0 saturated heterocycles. The number of aliphatic carboxylic acids is 1. The highest BCUT2D eigenvalue weighted by Gasteiger charge is 2.15. The lowest BCUT2D eigenvalue weighted by Gasteiger charge is -2.04. The lowest BCUT2D eigenvalue weighted by Crippen LogP contribution is -2.32. The summed E-state index contributed by atoms with van der Waals surface area (Å²) in [6.45, 7) is 0. The van der Waals surface area contributed by atoms with Gasteiger partial charge < -0.3 is 20.9 Å². The highest BCUT2D eigenvalue weighted by Crippen LogP contribution is 2.20. The number of carboxylic acid groups (broad SMARTS) is 2. The van der Waals surface area contributed by atoms with Crippen molar-refractivity contribution in [2.24, 2.45) is 5.73 Å². The first-order chi connectivity index (χ1) is 8.49. The molecule has 0 radical (unpaired) electrons. The lowest BCUT2D eigenvalue weighted by molar-refractivity contribution is -0.138. The molecule has 0 aliphatic rings. The molecule has 0 aliphatic carbocycles. The van der Waals surface area contributed by atoms with E-state index in [1.807, 2.05) is 0 Å². The number of rotatable bonds is 4. The van der Waals surface area contributed by atoms with E-state index in [-0.39, 0.29) is 12.0 Å². The molecule has 2 aromatic rings. The molecule has 1 heterocycles. The number of nitrogens with two attached hydrogens (primary N) is 1. The number of H-pyrrole nitrogens is 1. The second-order valence-electron chi connectivity index (χ2n) is 4.03. The molecule has 2 rings (SSSR count). The largest absolute Gasteiger partial charge is 0.480 e. The minimum Gasteiger partial charge on any atom is -0.480 e. The Morgan fingerprint density at radius 1 is 1.33 bits per heavy atom. The van der Waals surface area contributed by atoms with Crippen LogP contribution in [-0.2, 0) is 11.2 Å². The van der Waals surface area contributed by atoms with E-state index in [9.17, 15) is 9.59 Å². The number of carbonyl (C=O) groups is 2. The van der Waals surface area contributed by atoms with Crippen LogP contribution in [0.1, 0.15) is 15.9 Å². The van der Waals surface area contributed by atoms with Crippen molar-refractivity contribution in [1.82, 2.24) is 4.98 Å². The molecule has 94 valence electrons. The van der Waals surface area contributed by atoms with Crippen LogP contribution in [0, 0.1) is 0 Å². The number of nitrogens with one attached hydrogen (secondary N) is 1. The molecule has 6 heteroatoms. The maximum atomic E-state index is 10.8. The van der Waals surface area contributed by atoms with Gasteiger partial charge in [0.05, 0.1) is 5.56 Å². The zero-order valence-electron chi connectivity index (χ0n) is 9.38. The van der Waals surface area contributed by atoms with Crippen LogP contribution >= 0.6 is 0 Å². The molecule has 0 amide bonds. The zero-order valence-corrected chi connectivity index (χ0v) is 9.38. The van der Waals surface area contributed by atoms with E-state index in [2.05, 4.69) is 4.98 Å².